The number of nitrogens with zero attached hydrogens (tertiary/aromatic N) is 1. The van der Waals surface area contributed by atoms with Crippen molar-refractivity contribution in [2.24, 2.45) is 0 Å². The number of ether oxygens (including phenoxy) is 1. The summed E-state index contributed by atoms with van der Waals surface area (Å²) in [6.07, 6.45) is 1.53. The highest BCUT2D eigenvalue weighted by molar-refractivity contribution is 9.10. The van der Waals surface area contributed by atoms with Gasteiger partial charge in [0.2, 0.25) is 5.91 Å². The zero-order chi connectivity index (χ0) is 23.5. The van der Waals surface area contributed by atoms with Crippen molar-refractivity contribution in [3.8, 4) is 11.5 Å². The number of benzene rings is 3. The average Bonchev–Trinajstić information content (AvgIpc) is 3.05. The van der Waals surface area contributed by atoms with E-state index in [2.05, 4.69) is 21.2 Å². The first-order valence-electron chi connectivity index (χ1n) is 10.1. The van der Waals surface area contributed by atoms with E-state index in [9.17, 15) is 19.5 Å². The molecule has 0 bridgehead atoms. The fraction of sp³-hybridized carbons (Fsp3) is 0.125. The number of thioether (sulfide) groups is 1. The van der Waals surface area contributed by atoms with Gasteiger partial charge in [-0.2, -0.15) is 0 Å². The zero-order valence-electron chi connectivity index (χ0n) is 17.5. The maximum atomic E-state index is 12.8. The third kappa shape index (κ3) is 4.89. The lowest BCUT2D eigenvalue weighted by atomic mass is 10.1. The van der Waals surface area contributed by atoms with Gasteiger partial charge in [0.05, 0.1) is 16.0 Å². The maximum Gasteiger partial charge on any atom is 0.294 e. The van der Waals surface area contributed by atoms with E-state index in [1.807, 2.05) is 36.4 Å². The van der Waals surface area contributed by atoms with Crippen LogP contribution in [0.1, 0.15) is 12.5 Å². The number of amides is 3. The van der Waals surface area contributed by atoms with Crippen LogP contribution < -0.4 is 10.1 Å². The van der Waals surface area contributed by atoms with Gasteiger partial charge in [0.1, 0.15) is 6.54 Å². The molecule has 9 heteroatoms. The number of halogens is 1. The number of carbonyl (C=O) groups is 3. The molecular weight excluding hydrogens is 508 g/mol. The predicted octanol–water partition coefficient (Wildman–Crippen LogP) is 5.38. The molecule has 4 rings (SSSR count). The summed E-state index contributed by atoms with van der Waals surface area (Å²) < 4.78 is 5.80. The molecule has 168 valence electrons. The number of hydrogen-bond donors (Lipinski definition) is 2. The molecule has 3 amide bonds. The van der Waals surface area contributed by atoms with Gasteiger partial charge in [-0.15, -0.1) is 0 Å². The molecule has 1 saturated heterocycles. The number of anilines is 1. The molecule has 0 aliphatic carbocycles. The molecule has 7 nitrogen and oxygen atoms in total. The lowest BCUT2D eigenvalue weighted by molar-refractivity contribution is -0.127. The molecule has 0 saturated carbocycles. The van der Waals surface area contributed by atoms with E-state index >= 15 is 0 Å². The molecule has 3 aromatic carbocycles. The first-order chi connectivity index (χ1) is 15.9. The third-order valence-electron chi connectivity index (χ3n) is 4.89. The molecule has 1 aliphatic rings. The van der Waals surface area contributed by atoms with E-state index < -0.39 is 23.6 Å². The fourth-order valence-electron chi connectivity index (χ4n) is 3.40. The summed E-state index contributed by atoms with van der Waals surface area (Å²) in [7, 11) is 0. The third-order valence-corrected chi connectivity index (χ3v) is 6.40. The molecule has 1 heterocycles. The molecule has 1 fully saturated rings. The van der Waals surface area contributed by atoms with Crippen LogP contribution >= 0.6 is 27.7 Å². The van der Waals surface area contributed by atoms with Crippen LogP contribution in [0.5, 0.6) is 11.5 Å². The Hall–Kier alpha value is -3.30. The Balaban J connectivity index is 1.51. The van der Waals surface area contributed by atoms with Crippen molar-refractivity contribution < 1.29 is 24.2 Å². The van der Waals surface area contributed by atoms with Crippen molar-refractivity contribution in [1.82, 2.24) is 4.90 Å². The number of carbonyl (C=O) groups excluding carboxylic acids is 3. The minimum Gasteiger partial charge on any atom is -0.503 e. The zero-order valence-corrected chi connectivity index (χ0v) is 19.9. The Morgan fingerprint density at radius 2 is 1.94 bits per heavy atom. The summed E-state index contributed by atoms with van der Waals surface area (Å²) in [4.78, 5) is 39.0. The summed E-state index contributed by atoms with van der Waals surface area (Å²) in [6.45, 7) is 1.75. The Morgan fingerprint density at radius 1 is 1.18 bits per heavy atom. The van der Waals surface area contributed by atoms with Gasteiger partial charge in [0.25, 0.3) is 11.1 Å². The van der Waals surface area contributed by atoms with E-state index in [0.717, 1.165) is 27.4 Å². The van der Waals surface area contributed by atoms with E-state index in [4.69, 9.17) is 4.74 Å². The molecule has 1 aliphatic heterocycles. The topological polar surface area (TPSA) is 95.9 Å². The summed E-state index contributed by atoms with van der Waals surface area (Å²) >= 11 is 4.01. The number of fused-ring (bicyclic) bond motifs is 1. The quantitative estimate of drug-likeness (QED) is 0.418. The monoisotopic (exact) mass is 526 g/mol. The van der Waals surface area contributed by atoms with Crippen LogP contribution in [0.2, 0.25) is 0 Å². The SMILES string of the molecule is CCOc1cc(/C=C2/SC(=O)N(CC(=O)Nc3cccc4ccccc34)C2=O)cc(Br)c1O. The molecule has 2 N–H and O–H groups in total. The summed E-state index contributed by atoms with van der Waals surface area (Å²) in [5.41, 5.74) is 1.17. The molecule has 0 radical (unpaired) electrons. The van der Waals surface area contributed by atoms with Crippen molar-refractivity contribution in [2.75, 3.05) is 18.5 Å². The van der Waals surface area contributed by atoms with Gasteiger partial charge in [-0.1, -0.05) is 36.4 Å². The van der Waals surface area contributed by atoms with Crippen LogP contribution in [0.4, 0.5) is 10.5 Å². The molecule has 33 heavy (non-hydrogen) atoms. The smallest absolute Gasteiger partial charge is 0.294 e. The van der Waals surface area contributed by atoms with E-state index in [0.29, 0.717) is 22.3 Å². The van der Waals surface area contributed by atoms with Crippen molar-refractivity contribution >= 4 is 67.3 Å². The average molecular weight is 527 g/mol. The van der Waals surface area contributed by atoms with Gasteiger partial charge in [-0.25, -0.2) is 0 Å². The summed E-state index contributed by atoms with van der Waals surface area (Å²) in [5.74, 6) is -0.819. The highest BCUT2D eigenvalue weighted by atomic mass is 79.9. The van der Waals surface area contributed by atoms with Gasteiger partial charge in [0.15, 0.2) is 11.5 Å². The standard InChI is InChI=1S/C24H19BrN2O5S/c1-2-32-19-11-14(10-17(25)22(19)29)12-20-23(30)27(24(31)33-20)13-21(28)26-18-9-5-7-15-6-3-4-8-16(15)18/h3-12,29H,2,13H2,1H3,(H,26,28)/b20-12+. The van der Waals surface area contributed by atoms with Crippen LogP contribution in [0.25, 0.3) is 16.8 Å². The second kappa shape index (κ2) is 9.68. The van der Waals surface area contributed by atoms with Gasteiger partial charge < -0.3 is 15.2 Å². The second-order valence-electron chi connectivity index (χ2n) is 7.13. The Labute approximate surface area is 202 Å². The van der Waals surface area contributed by atoms with E-state index in [1.165, 1.54) is 6.08 Å². The largest absolute Gasteiger partial charge is 0.503 e. The van der Waals surface area contributed by atoms with Gasteiger partial charge in [0, 0.05) is 11.1 Å². The highest BCUT2D eigenvalue weighted by Crippen LogP contribution is 2.38. The second-order valence-corrected chi connectivity index (χ2v) is 8.97. The first-order valence-corrected chi connectivity index (χ1v) is 11.7. The van der Waals surface area contributed by atoms with Crippen LogP contribution in [0.3, 0.4) is 0 Å². The van der Waals surface area contributed by atoms with Crippen LogP contribution in [-0.2, 0) is 9.59 Å². The number of imide groups is 1. The Bertz CT molecular complexity index is 1300. The van der Waals surface area contributed by atoms with Crippen LogP contribution in [0, 0.1) is 0 Å². The molecule has 0 aromatic heterocycles. The van der Waals surface area contributed by atoms with Gasteiger partial charge in [-0.3, -0.25) is 19.3 Å². The van der Waals surface area contributed by atoms with Crippen molar-refractivity contribution in [2.45, 2.75) is 6.92 Å². The molecular formula is C24H19BrN2O5S. The fourth-order valence-corrected chi connectivity index (χ4v) is 4.70. The summed E-state index contributed by atoms with van der Waals surface area (Å²) in [5, 5.41) is 14.2. The lowest BCUT2D eigenvalue weighted by Crippen LogP contribution is -2.36. The number of rotatable bonds is 6. The van der Waals surface area contributed by atoms with Crippen LogP contribution in [0.15, 0.2) is 64.0 Å². The number of hydrogen-bond acceptors (Lipinski definition) is 6. The van der Waals surface area contributed by atoms with Crippen molar-refractivity contribution in [3.05, 3.63) is 69.5 Å². The number of phenolic OH excluding ortho intramolecular Hbond substituents is 1. The molecule has 0 atom stereocenters. The van der Waals surface area contributed by atoms with E-state index in [-0.39, 0.29) is 16.4 Å². The normalized spacial score (nSPS) is 14.8. The molecule has 0 unspecified atom stereocenters. The predicted molar refractivity (Wildman–Crippen MR) is 132 cm³/mol. The van der Waals surface area contributed by atoms with Crippen LogP contribution in [-0.4, -0.2) is 40.2 Å². The molecule has 3 aromatic rings. The Kier molecular flexibility index (Phi) is 6.71. The van der Waals surface area contributed by atoms with Crippen molar-refractivity contribution in [3.63, 3.8) is 0 Å². The maximum absolute atomic E-state index is 12.8. The van der Waals surface area contributed by atoms with Gasteiger partial charge in [-0.05, 0) is 69.8 Å². The van der Waals surface area contributed by atoms with Gasteiger partial charge >= 0.3 is 0 Å². The lowest BCUT2D eigenvalue weighted by Gasteiger charge is -2.13. The first kappa shape index (κ1) is 22.9. The number of aromatic hydroxyl groups is 1. The number of nitrogens with one attached hydrogen (secondary N) is 1. The highest BCUT2D eigenvalue weighted by Gasteiger charge is 2.36. The molecule has 0 spiro atoms. The summed E-state index contributed by atoms with van der Waals surface area (Å²) in [6, 6.07) is 16.3. The van der Waals surface area contributed by atoms with E-state index in [1.54, 1.807) is 25.1 Å². The Morgan fingerprint density at radius 3 is 2.73 bits per heavy atom. The minimum absolute atomic E-state index is 0.0489. The minimum atomic E-state index is -0.555. The number of phenols is 1. The van der Waals surface area contributed by atoms with Crippen molar-refractivity contribution in [1.29, 1.82) is 0 Å².